The number of nitrogens with one attached hydrogen (secondary N) is 2. The molecule has 0 saturated heterocycles. The second-order valence-corrected chi connectivity index (χ2v) is 5.88. The molecule has 24 heavy (non-hydrogen) atoms. The molecule has 1 unspecified atom stereocenters. The number of ether oxygens (including phenoxy) is 2. The Morgan fingerprint density at radius 3 is 2.62 bits per heavy atom. The third-order valence-corrected chi connectivity index (χ3v) is 3.89. The molecule has 1 aliphatic heterocycles. The predicted octanol–water partition coefficient (Wildman–Crippen LogP) is 3.60. The topological polar surface area (TPSA) is 59.6 Å². The van der Waals surface area contributed by atoms with Crippen molar-refractivity contribution in [3.63, 3.8) is 0 Å². The van der Waals surface area contributed by atoms with E-state index < -0.39 is 0 Å². The second kappa shape index (κ2) is 7.73. The third kappa shape index (κ3) is 4.41. The van der Waals surface area contributed by atoms with Gasteiger partial charge >= 0.3 is 6.03 Å². The molecule has 0 aromatic heterocycles. The average molecular weight is 326 g/mol. The van der Waals surface area contributed by atoms with Gasteiger partial charge in [-0.3, -0.25) is 0 Å². The number of hydrogen-bond donors (Lipinski definition) is 2. The summed E-state index contributed by atoms with van der Waals surface area (Å²) < 4.78 is 11.0. The van der Waals surface area contributed by atoms with Gasteiger partial charge in [-0.1, -0.05) is 30.3 Å². The minimum absolute atomic E-state index is 0.0856. The van der Waals surface area contributed by atoms with E-state index in [0.717, 1.165) is 12.8 Å². The van der Waals surface area contributed by atoms with Crippen molar-refractivity contribution in [3.8, 4) is 11.5 Å². The number of carbonyl (C=O) groups excluding carboxylic acids is 1. The molecule has 0 aliphatic carbocycles. The van der Waals surface area contributed by atoms with E-state index in [1.165, 1.54) is 5.56 Å². The van der Waals surface area contributed by atoms with Crippen LogP contribution >= 0.6 is 0 Å². The van der Waals surface area contributed by atoms with E-state index in [4.69, 9.17) is 9.47 Å². The van der Waals surface area contributed by atoms with Crippen LogP contribution < -0.4 is 20.1 Å². The number of carbonyl (C=O) groups is 1. The highest BCUT2D eigenvalue weighted by atomic mass is 16.6. The summed E-state index contributed by atoms with van der Waals surface area (Å²) in [5, 5.41) is 5.79. The third-order valence-electron chi connectivity index (χ3n) is 3.89. The number of urea groups is 1. The van der Waals surface area contributed by atoms with E-state index in [1.54, 1.807) is 6.07 Å². The van der Waals surface area contributed by atoms with E-state index >= 15 is 0 Å². The maximum Gasteiger partial charge on any atom is 0.319 e. The summed E-state index contributed by atoms with van der Waals surface area (Å²) in [6.07, 6.45) is 1.82. The van der Waals surface area contributed by atoms with Crippen LogP contribution in [0.25, 0.3) is 0 Å². The number of anilines is 1. The Bertz CT molecular complexity index is 688. The Morgan fingerprint density at radius 1 is 1.08 bits per heavy atom. The first-order chi connectivity index (χ1) is 11.7. The molecule has 3 rings (SSSR count). The van der Waals surface area contributed by atoms with Crippen LogP contribution in [-0.4, -0.2) is 25.3 Å². The standard InChI is InChI=1S/C19H22N2O3/c1-14(7-8-15-5-3-2-4-6-15)20-19(22)21-16-9-10-17-18(13-16)24-12-11-23-17/h2-6,9-10,13-14H,7-8,11-12H2,1H3,(H2,20,21,22). The second-order valence-electron chi connectivity index (χ2n) is 5.88. The minimum Gasteiger partial charge on any atom is -0.486 e. The molecule has 0 fully saturated rings. The quantitative estimate of drug-likeness (QED) is 0.882. The maximum atomic E-state index is 12.1. The van der Waals surface area contributed by atoms with Gasteiger partial charge in [-0.2, -0.15) is 0 Å². The molecule has 0 radical (unpaired) electrons. The van der Waals surface area contributed by atoms with Crippen molar-refractivity contribution < 1.29 is 14.3 Å². The fourth-order valence-electron chi connectivity index (χ4n) is 2.61. The van der Waals surface area contributed by atoms with E-state index in [9.17, 15) is 4.79 Å². The van der Waals surface area contributed by atoms with Crippen LogP contribution in [0.5, 0.6) is 11.5 Å². The number of amides is 2. The summed E-state index contributed by atoms with van der Waals surface area (Å²) in [6, 6.07) is 15.5. The smallest absolute Gasteiger partial charge is 0.319 e. The molecule has 0 spiro atoms. The predicted molar refractivity (Wildman–Crippen MR) is 93.8 cm³/mol. The molecule has 5 heteroatoms. The molecule has 1 aliphatic rings. The first-order valence-electron chi connectivity index (χ1n) is 8.22. The Hall–Kier alpha value is -2.69. The van der Waals surface area contributed by atoms with Crippen molar-refractivity contribution in [2.75, 3.05) is 18.5 Å². The zero-order valence-corrected chi connectivity index (χ0v) is 13.7. The van der Waals surface area contributed by atoms with Gasteiger partial charge in [0.05, 0.1) is 0 Å². The Kier molecular flexibility index (Phi) is 5.21. The maximum absolute atomic E-state index is 12.1. The van der Waals surface area contributed by atoms with Gasteiger partial charge in [0.2, 0.25) is 0 Å². The van der Waals surface area contributed by atoms with Crippen LogP contribution in [0.3, 0.4) is 0 Å². The summed E-state index contributed by atoms with van der Waals surface area (Å²) in [7, 11) is 0. The summed E-state index contributed by atoms with van der Waals surface area (Å²) in [5.74, 6) is 1.37. The Morgan fingerprint density at radius 2 is 1.83 bits per heavy atom. The summed E-state index contributed by atoms with van der Waals surface area (Å²) in [6.45, 7) is 3.09. The van der Waals surface area contributed by atoms with E-state index in [1.807, 2.05) is 37.3 Å². The molecule has 2 amide bonds. The molecule has 2 aromatic rings. The minimum atomic E-state index is -0.216. The fourth-order valence-corrected chi connectivity index (χ4v) is 2.61. The fraction of sp³-hybridized carbons (Fsp3) is 0.316. The lowest BCUT2D eigenvalue weighted by Crippen LogP contribution is -2.36. The monoisotopic (exact) mass is 326 g/mol. The van der Waals surface area contributed by atoms with Gasteiger partial charge < -0.3 is 20.1 Å². The molecule has 2 N–H and O–H groups in total. The molecule has 0 bridgehead atoms. The molecular formula is C19H22N2O3. The van der Waals surface area contributed by atoms with Crippen molar-refractivity contribution in [1.29, 1.82) is 0 Å². The summed E-state index contributed by atoms with van der Waals surface area (Å²) in [5.41, 5.74) is 1.96. The van der Waals surface area contributed by atoms with Crippen LogP contribution in [0.2, 0.25) is 0 Å². The number of fused-ring (bicyclic) bond motifs is 1. The van der Waals surface area contributed by atoms with Crippen molar-refractivity contribution in [3.05, 3.63) is 54.1 Å². The van der Waals surface area contributed by atoms with Crippen LogP contribution in [0, 0.1) is 0 Å². The lowest BCUT2D eigenvalue weighted by atomic mass is 10.1. The lowest BCUT2D eigenvalue weighted by Gasteiger charge is -2.19. The first kappa shape index (κ1) is 16.2. The number of rotatable bonds is 5. The van der Waals surface area contributed by atoms with Gasteiger partial charge in [0.15, 0.2) is 11.5 Å². The highest BCUT2D eigenvalue weighted by Crippen LogP contribution is 2.32. The molecule has 2 aromatic carbocycles. The highest BCUT2D eigenvalue weighted by Gasteiger charge is 2.13. The van der Waals surface area contributed by atoms with E-state index in [-0.39, 0.29) is 12.1 Å². The summed E-state index contributed by atoms with van der Waals surface area (Å²) >= 11 is 0. The van der Waals surface area contributed by atoms with Gasteiger partial charge in [-0.15, -0.1) is 0 Å². The highest BCUT2D eigenvalue weighted by molar-refractivity contribution is 5.89. The zero-order valence-electron chi connectivity index (χ0n) is 13.7. The number of benzene rings is 2. The average Bonchev–Trinajstić information content (AvgIpc) is 2.60. The van der Waals surface area contributed by atoms with Crippen LogP contribution in [0.15, 0.2) is 48.5 Å². The number of hydrogen-bond acceptors (Lipinski definition) is 3. The Balaban J connectivity index is 1.48. The van der Waals surface area contributed by atoms with Gasteiger partial charge in [0.25, 0.3) is 0 Å². The molecule has 1 atom stereocenters. The van der Waals surface area contributed by atoms with Crippen molar-refractivity contribution >= 4 is 11.7 Å². The normalized spacial score (nSPS) is 13.9. The molecule has 126 valence electrons. The van der Waals surface area contributed by atoms with Gasteiger partial charge in [-0.05, 0) is 37.5 Å². The van der Waals surface area contributed by atoms with Crippen LogP contribution in [0.1, 0.15) is 18.9 Å². The van der Waals surface area contributed by atoms with E-state index in [2.05, 4.69) is 22.8 Å². The zero-order chi connectivity index (χ0) is 16.8. The summed E-state index contributed by atoms with van der Waals surface area (Å²) in [4.78, 5) is 12.1. The largest absolute Gasteiger partial charge is 0.486 e. The van der Waals surface area contributed by atoms with Crippen LogP contribution in [-0.2, 0) is 6.42 Å². The molecular weight excluding hydrogens is 304 g/mol. The van der Waals surface area contributed by atoms with E-state index in [0.29, 0.717) is 30.4 Å². The molecule has 1 heterocycles. The van der Waals surface area contributed by atoms with Gasteiger partial charge in [-0.25, -0.2) is 4.79 Å². The van der Waals surface area contributed by atoms with Gasteiger partial charge in [0, 0.05) is 17.8 Å². The van der Waals surface area contributed by atoms with Crippen LogP contribution in [0.4, 0.5) is 10.5 Å². The van der Waals surface area contributed by atoms with Crippen molar-refractivity contribution in [2.45, 2.75) is 25.8 Å². The number of aryl methyl sites for hydroxylation is 1. The SMILES string of the molecule is CC(CCc1ccccc1)NC(=O)Nc1ccc2c(c1)OCCO2. The molecule has 0 saturated carbocycles. The van der Waals surface area contributed by atoms with Crippen molar-refractivity contribution in [1.82, 2.24) is 5.32 Å². The van der Waals surface area contributed by atoms with Gasteiger partial charge in [0.1, 0.15) is 13.2 Å². The molecule has 5 nitrogen and oxygen atoms in total. The Labute approximate surface area is 142 Å². The lowest BCUT2D eigenvalue weighted by molar-refractivity contribution is 0.171. The van der Waals surface area contributed by atoms with Crippen molar-refractivity contribution in [2.24, 2.45) is 0 Å². The first-order valence-corrected chi connectivity index (χ1v) is 8.22.